The molecular weight excluding hydrogens is 262 g/mol. The van der Waals surface area contributed by atoms with Gasteiger partial charge in [-0.15, -0.1) is 12.4 Å². The maximum absolute atomic E-state index is 5.54. The van der Waals surface area contributed by atoms with Crippen LogP contribution in [-0.4, -0.2) is 23.2 Å². The largest absolute Gasteiger partial charge is 0.496 e. The number of aryl methyl sites for hydroxylation is 1. The van der Waals surface area contributed by atoms with Gasteiger partial charge >= 0.3 is 0 Å². The summed E-state index contributed by atoms with van der Waals surface area (Å²) in [6, 6.07) is 6.32. The van der Waals surface area contributed by atoms with Gasteiger partial charge in [-0.2, -0.15) is 0 Å². The van der Waals surface area contributed by atoms with Gasteiger partial charge < -0.3 is 15.0 Å². The summed E-state index contributed by atoms with van der Waals surface area (Å²) in [4.78, 5) is 4.05. The van der Waals surface area contributed by atoms with Crippen LogP contribution in [-0.2, 0) is 13.0 Å². The molecule has 0 atom stereocenters. The molecule has 1 heterocycles. The first-order chi connectivity index (χ1) is 8.83. The van der Waals surface area contributed by atoms with Gasteiger partial charge in [0.2, 0.25) is 0 Å². The van der Waals surface area contributed by atoms with E-state index in [1.165, 1.54) is 11.1 Å². The van der Waals surface area contributed by atoms with Crippen molar-refractivity contribution in [3.8, 4) is 5.75 Å². The van der Waals surface area contributed by atoms with Crippen molar-refractivity contribution in [3.05, 3.63) is 48.0 Å². The summed E-state index contributed by atoms with van der Waals surface area (Å²) >= 11 is 0. The average molecular weight is 282 g/mol. The number of hydrogen-bond acceptors (Lipinski definition) is 3. The second kappa shape index (κ2) is 7.81. The lowest BCUT2D eigenvalue weighted by molar-refractivity contribution is 0.408. The van der Waals surface area contributed by atoms with Crippen LogP contribution in [0.3, 0.4) is 0 Å². The van der Waals surface area contributed by atoms with Gasteiger partial charge in [-0.1, -0.05) is 12.1 Å². The molecule has 0 spiro atoms. The topological polar surface area (TPSA) is 53.1 Å². The Morgan fingerprint density at radius 2 is 2.21 bits per heavy atom. The Hall–Kier alpha value is -1.52. The van der Waals surface area contributed by atoms with E-state index in [2.05, 4.69) is 17.1 Å². The fourth-order valence-electron chi connectivity index (χ4n) is 1.99. The second-order valence-electron chi connectivity index (χ2n) is 4.27. The third-order valence-corrected chi connectivity index (χ3v) is 2.93. The Morgan fingerprint density at radius 1 is 1.37 bits per heavy atom. The molecule has 0 fully saturated rings. The normalized spacial score (nSPS) is 10.0. The van der Waals surface area contributed by atoms with Gasteiger partial charge in [0.1, 0.15) is 5.75 Å². The van der Waals surface area contributed by atoms with Crippen LogP contribution < -0.4 is 10.5 Å². The monoisotopic (exact) mass is 281 g/mol. The van der Waals surface area contributed by atoms with Crippen LogP contribution in [0.1, 0.15) is 17.5 Å². The highest BCUT2D eigenvalue weighted by molar-refractivity contribution is 5.85. The van der Waals surface area contributed by atoms with E-state index in [0.29, 0.717) is 0 Å². The highest BCUT2D eigenvalue weighted by Crippen LogP contribution is 2.21. The van der Waals surface area contributed by atoms with E-state index in [-0.39, 0.29) is 12.4 Å². The van der Waals surface area contributed by atoms with Crippen LogP contribution in [0.2, 0.25) is 0 Å². The summed E-state index contributed by atoms with van der Waals surface area (Å²) in [6.45, 7) is 1.50. The number of halogens is 1. The fourth-order valence-corrected chi connectivity index (χ4v) is 1.99. The van der Waals surface area contributed by atoms with Crippen molar-refractivity contribution < 1.29 is 4.74 Å². The van der Waals surface area contributed by atoms with Gasteiger partial charge in [0.25, 0.3) is 0 Å². The highest BCUT2D eigenvalue weighted by atomic mass is 35.5. The predicted octanol–water partition coefficient (Wildman–Crippen LogP) is 2.25. The van der Waals surface area contributed by atoms with Crippen LogP contribution in [0.25, 0.3) is 0 Å². The molecule has 0 unspecified atom stereocenters. The minimum Gasteiger partial charge on any atom is -0.496 e. The summed E-state index contributed by atoms with van der Waals surface area (Å²) in [7, 11) is 1.70. The fraction of sp³-hybridized carbons (Fsp3) is 0.357. The molecule has 1 aromatic carbocycles. The molecule has 0 saturated heterocycles. The number of rotatable bonds is 6. The molecule has 5 heteroatoms. The maximum Gasteiger partial charge on any atom is 0.123 e. The summed E-state index contributed by atoms with van der Waals surface area (Å²) < 4.78 is 7.43. The average Bonchev–Trinajstić information content (AvgIpc) is 2.89. The Labute approximate surface area is 120 Å². The summed E-state index contributed by atoms with van der Waals surface area (Å²) in [6.07, 6.45) is 7.57. The summed E-state index contributed by atoms with van der Waals surface area (Å²) in [5.74, 6) is 0.917. The van der Waals surface area contributed by atoms with Crippen molar-refractivity contribution in [3.63, 3.8) is 0 Å². The van der Waals surface area contributed by atoms with Crippen LogP contribution in [0.5, 0.6) is 5.75 Å². The zero-order chi connectivity index (χ0) is 12.8. The molecular formula is C14H20ClN3O. The number of aromatic nitrogens is 2. The lowest BCUT2D eigenvalue weighted by Gasteiger charge is -2.11. The van der Waals surface area contributed by atoms with Crippen LogP contribution in [0.15, 0.2) is 36.9 Å². The van der Waals surface area contributed by atoms with Crippen molar-refractivity contribution in [1.82, 2.24) is 9.55 Å². The van der Waals surface area contributed by atoms with Crippen molar-refractivity contribution in [2.75, 3.05) is 13.7 Å². The molecule has 0 aliphatic heterocycles. The first-order valence-corrected chi connectivity index (χ1v) is 6.15. The zero-order valence-electron chi connectivity index (χ0n) is 11.1. The van der Waals surface area contributed by atoms with Crippen molar-refractivity contribution in [2.24, 2.45) is 5.73 Å². The minimum absolute atomic E-state index is 0. The van der Waals surface area contributed by atoms with Gasteiger partial charge in [-0.25, -0.2) is 4.98 Å². The molecule has 0 radical (unpaired) electrons. The molecule has 2 N–H and O–H groups in total. The quantitative estimate of drug-likeness (QED) is 0.884. The number of hydrogen-bond donors (Lipinski definition) is 1. The first-order valence-electron chi connectivity index (χ1n) is 6.15. The molecule has 0 aliphatic carbocycles. The maximum atomic E-state index is 5.54. The summed E-state index contributed by atoms with van der Waals surface area (Å²) in [5, 5.41) is 0. The van der Waals surface area contributed by atoms with Crippen LogP contribution >= 0.6 is 12.4 Å². The first kappa shape index (κ1) is 15.5. The van der Waals surface area contributed by atoms with Crippen molar-refractivity contribution in [2.45, 2.75) is 19.4 Å². The Balaban J connectivity index is 0.00000180. The summed E-state index contributed by atoms with van der Waals surface area (Å²) in [5.41, 5.74) is 8.02. The van der Waals surface area contributed by atoms with Gasteiger partial charge in [-0.3, -0.25) is 0 Å². The number of nitrogens with zero attached hydrogens (tertiary/aromatic N) is 2. The molecule has 0 amide bonds. The molecule has 104 valence electrons. The lowest BCUT2D eigenvalue weighted by atomic mass is 10.1. The van der Waals surface area contributed by atoms with Crippen LogP contribution in [0.4, 0.5) is 0 Å². The Morgan fingerprint density at radius 3 is 2.84 bits per heavy atom. The van der Waals surface area contributed by atoms with E-state index in [4.69, 9.17) is 10.5 Å². The standard InChI is InChI=1S/C14H19N3O.ClH/c1-18-14-5-4-12(3-2-6-15)9-13(14)10-17-8-7-16-11-17;/h4-5,7-9,11H,2-3,6,10,15H2,1H3;1H. The van der Waals surface area contributed by atoms with Gasteiger partial charge in [0.15, 0.2) is 0 Å². The van der Waals surface area contributed by atoms with Gasteiger partial charge in [0, 0.05) is 18.0 Å². The van der Waals surface area contributed by atoms with E-state index >= 15 is 0 Å². The molecule has 1 aromatic heterocycles. The smallest absolute Gasteiger partial charge is 0.123 e. The zero-order valence-corrected chi connectivity index (χ0v) is 11.9. The lowest BCUT2D eigenvalue weighted by Crippen LogP contribution is -2.03. The van der Waals surface area contributed by atoms with Crippen molar-refractivity contribution in [1.29, 1.82) is 0 Å². The van der Waals surface area contributed by atoms with E-state index < -0.39 is 0 Å². The molecule has 0 saturated carbocycles. The van der Waals surface area contributed by atoms with Crippen molar-refractivity contribution >= 4 is 12.4 Å². The van der Waals surface area contributed by atoms with E-state index in [1.54, 1.807) is 13.3 Å². The highest BCUT2D eigenvalue weighted by Gasteiger charge is 2.05. The molecule has 0 bridgehead atoms. The number of nitrogens with two attached hydrogens (primary N) is 1. The van der Waals surface area contributed by atoms with Crippen LogP contribution in [0, 0.1) is 0 Å². The molecule has 0 aliphatic rings. The predicted molar refractivity (Wildman–Crippen MR) is 78.9 cm³/mol. The number of methoxy groups -OCH3 is 1. The van der Waals surface area contributed by atoms with E-state index in [0.717, 1.165) is 31.7 Å². The Bertz CT molecular complexity index is 485. The minimum atomic E-state index is 0. The molecule has 2 aromatic rings. The third-order valence-electron chi connectivity index (χ3n) is 2.93. The third kappa shape index (κ3) is 4.26. The van der Waals surface area contributed by atoms with Gasteiger partial charge in [0.05, 0.1) is 20.0 Å². The number of ether oxygens (including phenoxy) is 1. The van der Waals surface area contributed by atoms with E-state index in [1.807, 2.05) is 23.2 Å². The van der Waals surface area contributed by atoms with E-state index in [9.17, 15) is 0 Å². The SMILES string of the molecule is COc1ccc(CCCN)cc1Cn1ccnc1.Cl. The number of imidazole rings is 1. The Kier molecular flexibility index (Phi) is 6.39. The number of benzene rings is 1. The molecule has 4 nitrogen and oxygen atoms in total. The molecule has 2 rings (SSSR count). The van der Waals surface area contributed by atoms with Gasteiger partial charge in [-0.05, 0) is 31.0 Å². The second-order valence-corrected chi connectivity index (χ2v) is 4.27. The molecule has 19 heavy (non-hydrogen) atoms.